The molecule has 5 heteroatoms. The number of amides is 1. The quantitative estimate of drug-likeness (QED) is 0.540. The molecule has 0 saturated heterocycles. The number of hydrogen-bond donors (Lipinski definition) is 2. The van der Waals surface area contributed by atoms with Gasteiger partial charge < -0.3 is 5.11 Å². The van der Waals surface area contributed by atoms with E-state index < -0.39 is 0 Å². The Kier molecular flexibility index (Phi) is 4.39. The van der Waals surface area contributed by atoms with Crippen LogP contribution in [-0.2, 0) is 0 Å². The van der Waals surface area contributed by atoms with E-state index in [-0.39, 0.29) is 11.7 Å². The van der Waals surface area contributed by atoms with Crippen molar-refractivity contribution in [2.75, 3.05) is 0 Å². The highest BCUT2D eigenvalue weighted by molar-refractivity contribution is 9.10. The molecular weight excluding hydrogens is 356 g/mol. The summed E-state index contributed by atoms with van der Waals surface area (Å²) in [5, 5.41) is 15.5. The molecule has 2 N–H and O–H groups in total. The largest absolute Gasteiger partial charge is 0.507 e. The number of hydrogen-bond acceptors (Lipinski definition) is 3. The molecular formula is C18H13BrN2O2. The van der Waals surface area contributed by atoms with E-state index in [2.05, 4.69) is 26.5 Å². The van der Waals surface area contributed by atoms with Crippen LogP contribution in [0.1, 0.15) is 15.9 Å². The van der Waals surface area contributed by atoms with Crippen molar-refractivity contribution in [2.24, 2.45) is 5.10 Å². The smallest absolute Gasteiger partial charge is 0.271 e. The first-order valence-electron chi connectivity index (χ1n) is 6.95. The number of nitrogens with one attached hydrogen (secondary N) is 1. The Hall–Kier alpha value is -2.66. The molecule has 114 valence electrons. The van der Waals surface area contributed by atoms with Gasteiger partial charge in [-0.15, -0.1) is 0 Å². The summed E-state index contributed by atoms with van der Waals surface area (Å²) < 4.78 is 0.817. The van der Waals surface area contributed by atoms with Gasteiger partial charge in [0.15, 0.2) is 0 Å². The third kappa shape index (κ3) is 3.40. The molecule has 0 aliphatic carbocycles. The van der Waals surface area contributed by atoms with Gasteiger partial charge in [-0.25, -0.2) is 5.43 Å². The maximum atomic E-state index is 12.3. The van der Waals surface area contributed by atoms with E-state index in [1.54, 1.807) is 24.3 Å². The van der Waals surface area contributed by atoms with E-state index in [1.807, 2.05) is 36.4 Å². The topological polar surface area (TPSA) is 61.7 Å². The molecule has 3 rings (SSSR count). The summed E-state index contributed by atoms with van der Waals surface area (Å²) >= 11 is 3.32. The molecule has 0 aliphatic rings. The highest BCUT2D eigenvalue weighted by Gasteiger charge is 2.08. The average Bonchev–Trinajstić information content (AvgIpc) is 2.57. The lowest BCUT2D eigenvalue weighted by Gasteiger charge is -2.05. The molecule has 0 atom stereocenters. The number of phenolic OH excluding ortho intramolecular Hbond substituents is 1. The van der Waals surface area contributed by atoms with Crippen LogP contribution >= 0.6 is 15.9 Å². The van der Waals surface area contributed by atoms with Gasteiger partial charge in [0.2, 0.25) is 0 Å². The second kappa shape index (κ2) is 6.62. The summed E-state index contributed by atoms with van der Waals surface area (Å²) in [6, 6.07) is 18.2. The third-order valence-electron chi connectivity index (χ3n) is 3.39. The maximum absolute atomic E-state index is 12.3. The molecule has 0 heterocycles. The average molecular weight is 369 g/mol. The number of fused-ring (bicyclic) bond motifs is 1. The van der Waals surface area contributed by atoms with Crippen LogP contribution in [0.2, 0.25) is 0 Å². The Bertz CT molecular complexity index is 901. The number of carbonyl (C=O) groups excluding carboxylic acids is 1. The predicted molar refractivity (Wildman–Crippen MR) is 94.8 cm³/mol. The molecule has 0 spiro atoms. The van der Waals surface area contributed by atoms with Gasteiger partial charge >= 0.3 is 0 Å². The minimum absolute atomic E-state index is 0.0939. The van der Waals surface area contributed by atoms with Gasteiger partial charge in [-0.1, -0.05) is 52.3 Å². The molecule has 0 unspecified atom stereocenters. The van der Waals surface area contributed by atoms with Crippen LogP contribution in [0.4, 0.5) is 0 Å². The van der Waals surface area contributed by atoms with Crippen LogP contribution in [0.15, 0.2) is 70.2 Å². The minimum Gasteiger partial charge on any atom is -0.507 e. The third-order valence-corrected chi connectivity index (χ3v) is 3.89. The fourth-order valence-corrected chi connectivity index (χ4v) is 2.65. The van der Waals surface area contributed by atoms with E-state index in [0.717, 1.165) is 15.2 Å². The SMILES string of the molecule is O=C(NN=Cc1cc(Br)ccc1O)c1cccc2ccccc12. The van der Waals surface area contributed by atoms with E-state index in [9.17, 15) is 9.90 Å². The van der Waals surface area contributed by atoms with Crippen molar-refractivity contribution in [1.29, 1.82) is 0 Å². The van der Waals surface area contributed by atoms with Gasteiger partial charge in [0.05, 0.1) is 6.21 Å². The first kappa shape index (κ1) is 15.2. The molecule has 0 bridgehead atoms. The highest BCUT2D eigenvalue weighted by atomic mass is 79.9. The monoisotopic (exact) mass is 368 g/mol. The highest BCUT2D eigenvalue weighted by Crippen LogP contribution is 2.20. The predicted octanol–water partition coefficient (Wildman–Crippen LogP) is 4.07. The van der Waals surface area contributed by atoms with Crippen molar-refractivity contribution >= 4 is 38.8 Å². The lowest BCUT2D eigenvalue weighted by atomic mass is 10.0. The van der Waals surface area contributed by atoms with Crippen molar-refractivity contribution in [1.82, 2.24) is 5.43 Å². The van der Waals surface area contributed by atoms with Crippen molar-refractivity contribution in [3.05, 3.63) is 76.3 Å². The van der Waals surface area contributed by atoms with Gasteiger partial charge in [0.25, 0.3) is 5.91 Å². The Morgan fingerprint density at radius 1 is 1.09 bits per heavy atom. The van der Waals surface area contributed by atoms with Crippen LogP contribution in [0.5, 0.6) is 5.75 Å². The number of phenols is 1. The lowest BCUT2D eigenvalue weighted by Crippen LogP contribution is -2.17. The second-order valence-corrected chi connectivity index (χ2v) is 5.84. The van der Waals surface area contributed by atoms with Gasteiger partial charge in [0, 0.05) is 15.6 Å². The molecule has 1 amide bonds. The molecule has 0 saturated carbocycles. The van der Waals surface area contributed by atoms with Crippen LogP contribution < -0.4 is 5.43 Å². The number of rotatable bonds is 3. The van der Waals surface area contributed by atoms with Crippen molar-refractivity contribution in [3.63, 3.8) is 0 Å². The fourth-order valence-electron chi connectivity index (χ4n) is 2.27. The number of nitrogens with zero attached hydrogens (tertiary/aromatic N) is 1. The summed E-state index contributed by atoms with van der Waals surface area (Å²) in [5.74, 6) is -0.205. The maximum Gasteiger partial charge on any atom is 0.271 e. The molecule has 0 fully saturated rings. The zero-order valence-corrected chi connectivity index (χ0v) is 13.6. The zero-order valence-electron chi connectivity index (χ0n) is 12.0. The molecule has 23 heavy (non-hydrogen) atoms. The van der Waals surface area contributed by atoms with E-state index in [1.165, 1.54) is 6.21 Å². The van der Waals surface area contributed by atoms with E-state index in [0.29, 0.717) is 11.1 Å². The molecule has 4 nitrogen and oxygen atoms in total. The van der Waals surface area contributed by atoms with Crippen molar-refractivity contribution < 1.29 is 9.90 Å². The number of hydrazone groups is 1. The van der Waals surface area contributed by atoms with Gasteiger partial charge in [-0.3, -0.25) is 4.79 Å². The Morgan fingerprint density at radius 3 is 2.74 bits per heavy atom. The number of benzene rings is 3. The first-order chi connectivity index (χ1) is 11.1. The first-order valence-corrected chi connectivity index (χ1v) is 7.74. The van der Waals surface area contributed by atoms with Crippen LogP contribution in [0.25, 0.3) is 10.8 Å². The summed E-state index contributed by atoms with van der Waals surface area (Å²) in [6.45, 7) is 0. The van der Waals surface area contributed by atoms with Gasteiger partial charge in [0.1, 0.15) is 5.75 Å². The Morgan fingerprint density at radius 2 is 1.87 bits per heavy atom. The summed E-state index contributed by atoms with van der Waals surface area (Å²) in [7, 11) is 0. The minimum atomic E-state index is -0.299. The second-order valence-electron chi connectivity index (χ2n) is 4.93. The standard InChI is InChI=1S/C18H13BrN2O2/c19-14-8-9-17(22)13(10-14)11-20-21-18(23)16-7-3-5-12-4-1-2-6-15(12)16/h1-11,22H,(H,21,23). The van der Waals surface area contributed by atoms with E-state index >= 15 is 0 Å². The van der Waals surface area contributed by atoms with E-state index in [4.69, 9.17) is 0 Å². The fraction of sp³-hybridized carbons (Fsp3) is 0. The normalized spacial score (nSPS) is 11.0. The number of carbonyl (C=O) groups is 1. The van der Waals surface area contributed by atoms with Crippen molar-refractivity contribution in [2.45, 2.75) is 0 Å². The molecule has 3 aromatic carbocycles. The summed E-state index contributed by atoms with van der Waals surface area (Å²) in [5.41, 5.74) is 3.56. The molecule has 0 radical (unpaired) electrons. The number of aromatic hydroxyl groups is 1. The Balaban J connectivity index is 1.81. The molecule has 3 aromatic rings. The van der Waals surface area contributed by atoms with Gasteiger partial charge in [-0.2, -0.15) is 5.10 Å². The summed E-state index contributed by atoms with van der Waals surface area (Å²) in [4.78, 5) is 12.3. The molecule has 0 aromatic heterocycles. The molecule has 0 aliphatic heterocycles. The van der Waals surface area contributed by atoms with Crippen LogP contribution in [0, 0.1) is 0 Å². The van der Waals surface area contributed by atoms with Crippen molar-refractivity contribution in [3.8, 4) is 5.75 Å². The van der Waals surface area contributed by atoms with Gasteiger partial charge in [-0.05, 0) is 35.0 Å². The van der Waals surface area contributed by atoms with Crippen LogP contribution in [-0.4, -0.2) is 17.2 Å². The summed E-state index contributed by atoms with van der Waals surface area (Å²) in [6.07, 6.45) is 1.41. The zero-order chi connectivity index (χ0) is 16.2. The van der Waals surface area contributed by atoms with Crippen LogP contribution in [0.3, 0.4) is 0 Å². The Labute approximate surface area is 141 Å². The lowest BCUT2D eigenvalue weighted by molar-refractivity contribution is 0.0957. The number of halogens is 1.